The zero-order chi connectivity index (χ0) is 19.6. The highest BCUT2D eigenvalue weighted by Crippen LogP contribution is 2.36. The molecule has 3 rings (SSSR count). The molecule has 5 nitrogen and oxygen atoms in total. The van der Waals surface area contributed by atoms with Crippen molar-refractivity contribution in [3.8, 4) is 11.5 Å². The van der Waals surface area contributed by atoms with Gasteiger partial charge in [-0.1, -0.05) is 12.1 Å². The molecule has 0 bridgehead atoms. The van der Waals surface area contributed by atoms with Gasteiger partial charge in [0.05, 0.1) is 14.2 Å². The number of nitrogens with zero attached hydrogens (tertiary/aromatic N) is 1. The minimum Gasteiger partial charge on any atom is -0.493 e. The summed E-state index contributed by atoms with van der Waals surface area (Å²) in [6, 6.07) is 7.72. The van der Waals surface area contributed by atoms with Crippen LogP contribution in [0.25, 0.3) is 0 Å². The van der Waals surface area contributed by atoms with Gasteiger partial charge in [-0.2, -0.15) is 4.31 Å². The predicted octanol–water partition coefficient (Wildman–Crippen LogP) is 3.58. The molecule has 1 saturated carbocycles. The van der Waals surface area contributed by atoms with Crippen molar-refractivity contribution < 1.29 is 26.7 Å². The second-order valence-corrected chi connectivity index (χ2v) is 8.41. The lowest BCUT2D eigenvalue weighted by Crippen LogP contribution is -2.33. The van der Waals surface area contributed by atoms with Crippen LogP contribution in [0.5, 0.6) is 11.5 Å². The van der Waals surface area contributed by atoms with E-state index in [1.165, 1.54) is 42.8 Å². The monoisotopic (exact) mass is 397 g/mol. The van der Waals surface area contributed by atoms with Gasteiger partial charge in [-0.25, -0.2) is 17.2 Å². The molecule has 0 heterocycles. The van der Waals surface area contributed by atoms with Crippen molar-refractivity contribution in [2.75, 3.05) is 20.8 Å². The van der Waals surface area contributed by atoms with Crippen molar-refractivity contribution in [1.29, 1.82) is 0 Å². The molecule has 0 amide bonds. The van der Waals surface area contributed by atoms with E-state index in [9.17, 15) is 17.2 Å². The molecule has 0 aliphatic heterocycles. The van der Waals surface area contributed by atoms with Gasteiger partial charge in [0, 0.05) is 25.2 Å². The first-order valence-corrected chi connectivity index (χ1v) is 9.95. The van der Waals surface area contributed by atoms with Crippen LogP contribution in [-0.2, 0) is 16.6 Å². The van der Waals surface area contributed by atoms with Crippen LogP contribution >= 0.6 is 0 Å². The number of sulfonamides is 1. The Morgan fingerprint density at radius 3 is 2.19 bits per heavy atom. The summed E-state index contributed by atoms with van der Waals surface area (Å²) in [5, 5.41) is 0. The summed E-state index contributed by atoms with van der Waals surface area (Å²) in [4.78, 5) is -0.470. The number of rotatable bonds is 8. The summed E-state index contributed by atoms with van der Waals surface area (Å²) in [7, 11) is -1.42. The van der Waals surface area contributed by atoms with Gasteiger partial charge in [0.1, 0.15) is 16.5 Å². The second kappa shape index (κ2) is 7.82. The molecule has 1 aliphatic carbocycles. The molecule has 0 aromatic heterocycles. The van der Waals surface area contributed by atoms with Crippen LogP contribution in [0.3, 0.4) is 0 Å². The van der Waals surface area contributed by atoms with Crippen LogP contribution in [0, 0.1) is 17.6 Å². The molecule has 0 spiro atoms. The highest BCUT2D eigenvalue weighted by atomic mass is 32.2. The summed E-state index contributed by atoms with van der Waals surface area (Å²) in [5.41, 5.74) is 0.626. The van der Waals surface area contributed by atoms with E-state index in [2.05, 4.69) is 0 Å². The molecule has 146 valence electrons. The van der Waals surface area contributed by atoms with E-state index in [-0.39, 0.29) is 30.5 Å². The Hall–Kier alpha value is -2.19. The number of ether oxygens (including phenoxy) is 2. The minimum absolute atomic E-state index is 0.0346. The smallest absolute Gasteiger partial charge is 0.246 e. The molecule has 27 heavy (non-hydrogen) atoms. The highest BCUT2D eigenvalue weighted by Gasteiger charge is 2.34. The maximum absolute atomic E-state index is 14.6. The van der Waals surface area contributed by atoms with Crippen molar-refractivity contribution in [2.45, 2.75) is 24.3 Å². The maximum atomic E-state index is 14.6. The van der Waals surface area contributed by atoms with Crippen LogP contribution in [0.4, 0.5) is 8.78 Å². The Morgan fingerprint density at radius 1 is 1.04 bits per heavy atom. The minimum atomic E-state index is -4.12. The Kier molecular flexibility index (Phi) is 5.67. The molecular formula is C19H21F2NO4S. The lowest BCUT2D eigenvalue weighted by molar-refractivity contribution is 0.348. The predicted molar refractivity (Wildman–Crippen MR) is 96.2 cm³/mol. The lowest BCUT2D eigenvalue weighted by Gasteiger charge is -2.23. The summed E-state index contributed by atoms with van der Waals surface area (Å²) in [6.07, 6.45) is 1.87. The lowest BCUT2D eigenvalue weighted by atomic mass is 10.2. The van der Waals surface area contributed by atoms with Crippen LogP contribution in [0.15, 0.2) is 41.3 Å². The van der Waals surface area contributed by atoms with Gasteiger partial charge in [0.2, 0.25) is 10.0 Å². The van der Waals surface area contributed by atoms with E-state index in [0.29, 0.717) is 5.56 Å². The highest BCUT2D eigenvalue weighted by molar-refractivity contribution is 7.89. The molecule has 1 fully saturated rings. The molecule has 0 N–H and O–H groups in total. The van der Waals surface area contributed by atoms with Gasteiger partial charge in [0.25, 0.3) is 0 Å². The van der Waals surface area contributed by atoms with Crippen molar-refractivity contribution in [3.63, 3.8) is 0 Å². The first kappa shape index (κ1) is 19.6. The summed E-state index contributed by atoms with van der Waals surface area (Å²) < 4.78 is 65.4. The van der Waals surface area contributed by atoms with Crippen LogP contribution in [0.1, 0.15) is 18.4 Å². The Bertz CT molecular complexity index is 912. The third kappa shape index (κ3) is 4.39. The fraction of sp³-hybridized carbons (Fsp3) is 0.368. The molecule has 8 heteroatoms. The van der Waals surface area contributed by atoms with E-state index in [1.54, 1.807) is 0 Å². The third-order valence-electron chi connectivity index (χ3n) is 4.49. The molecule has 2 aromatic carbocycles. The van der Waals surface area contributed by atoms with E-state index in [1.807, 2.05) is 0 Å². The van der Waals surface area contributed by atoms with E-state index in [4.69, 9.17) is 9.47 Å². The zero-order valence-electron chi connectivity index (χ0n) is 15.1. The third-order valence-corrected chi connectivity index (χ3v) is 6.31. The Balaban J connectivity index is 1.98. The number of halogens is 2. The first-order chi connectivity index (χ1) is 12.8. The van der Waals surface area contributed by atoms with Gasteiger partial charge in [-0.05, 0) is 36.5 Å². The second-order valence-electron chi connectivity index (χ2n) is 6.51. The first-order valence-electron chi connectivity index (χ1n) is 8.51. The van der Waals surface area contributed by atoms with E-state index < -0.39 is 26.6 Å². The van der Waals surface area contributed by atoms with Gasteiger partial charge in [0.15, 0.2) is 11.5 Å². The number of hydrogen-bond donors (Lipinski definition) is 0. The average molecular weight is 397 g/mol. The fourth-order valence-electron chi connectivity index (χ4n) is 2.80. The molecule has 0 saturated heterocycles. The van der Waals surface area contributed by atoms with Crippen molar-refractivity contribution >= 4 is 10.0 Å². The molecule has 0 radical (unpaired) electrons. The van der Waals surface area contributed by atoms with Crippen LogP contribution in [-0.4, -0.2) is 33.5 Å². The number of benzene rings is 2. The van der Waals surface area contributed by atoms with Crippen LogP contribution in [0.2, 0.25) is 0 Å². The molecule has 0 atom stereocenters. The van der Waals surface area contributed by atoms with Gasteiger partial charge in [-0.3, -0.25) is 0 Å². The summed E-state index contributed by atoms with van der Waals surface area (Å²) in [5.74, 6) is -0.816. The molecule has 2 aromatic rings. The zero-order valence-corrected chi connectivity index (χ0v) is 15.9. The molecule has 1 aliphatic rings. The van der Waals surface area contributed by atoms with Crippen molar-refractivity contribution in [3.05, 3.63) is 53.6 Å². The topological polar surface area (TPSA) is 55.8 Å². The quantitative estimate of drug-likeness (QED) is 0.683. The van der Waals surface area contributed by atoms with Gasteiger partial charge < -0.3 is 9.47 Å². The molecule has 0 unspecified atom stereocenters. The Labute approximate surface area is 157 Å². The van der Waals surface area contributed by atoms with Crippen molar-refractivity contribution in [2.24, 2.45) is 5.92 Å². The maximum Gasteiger partial charge on any atom is 0.246 e. The van der Waals surface area contributed by atoms with E-state index >= 15 is 0 Å². The summed E-state index contributed by atoms with van der Waals surface area (Å²) >= 11 is 0. The largest absolute Gasteiger partial charge is 0.493 e. The van der Waals surface area contributed by atoms with Gasteiger partial charge >= 0.3 is 0 Å². The SMILES string of the molecule is COc1cc(F)c(S(=O)(=O)N(Cc2ccc(F)cc2)CC2CC2)cc1OC. The molecular weight excluding hydrogens is 376 g/mol. The average Bonchev–Trinajstić information content (AvgIpc) is 3.46. The van der Waals surface area contributed by atoms with E-state index in [0.717, 1.165) is 25.0 Å². The number of methoxy groups -OCH3 is 2. The van der Waals surface area contributed by atoms with Crippen LogP contribution < -0.4 is 9.47 Å². The number of hydrogen-bond acceptors (Lipinski definition) is 4. The normalized spacial score (nSPS) is 14.4. The van der Waals surface area contributed by atoms with Gasteiger partial charge in [-0.15, -0.1) is 0 Å². The van der Waals surface area contributed by atoms with Crippen molar-refractivity contribution in [1.82, 2.24) is 4.31 Å². The fourth-order valence-corrected chi connectivity index (χ4v) is 4.37. The summed E-state index contributed by atoms with van der Waals surface area (Å²) in [6.45, 7) is 0.320. The Morgan fingerprint density at radius 2 is 1.63 bits per heavy atom. The standard InChI is InChI=1S/C19H21F2NO4S/c1-25-17-9-16(21)19(10-18(17)26-2)27(23,24)22(11-13-3-4-13)12-14-5-7-15(20)8-6-14/h5-10,13H,3-4,11-12H2,1-2H3.